The molecular weight excluding hydrogens is 279 g/mol. The van der Waals surface area contributed by atoms with E-state index in [1.165, 1.54) is 11.8 Å². The lowest BCUT2D eigenvalue weighted by Gasteiger charge is -2.12. The highest BCUT2D eigenvalue weighted by Crippen LogP contribution is 2.34. The van der Waals surface area contributed by atoms with Crippen molar-refractivity contribution in [1.82, 2.24) is 0 Å². The molecule has 0 radical (unpaired) electrons. The van der Waals surface area contributed by atoms with E-state index < -0.39 is 11.2 Å². The van der Waals surface area contributed by atoms with Crippen molar-refractivity contribution < 1.29 is 9.90 Å². The SMILES string of the molecule is CCCCC(Sc1ccc(Cl)cc1Cl)C(=O)O. The van der Waals surface area contributed by atoms with Gasteiger partial charge in [-0.2, -0.15) is 0 Å². The molecular formula is C12H14Cl2O2S. The third-order valence-electron chi connectivity index (χ3n) is 2.26. The van der Waals surface area contributed by atoms with Crippen LogP contribution in [0.25, 0.3) is 0 Å². The molecule has 1 unspecified atom stereocenters. The number of carboxylic acid groups (broad SMARTS) is 1. The fraction of sp³-hybridized carbons (Fsp3) is 0.417. The summed E-state index contributed by atoms with van der Waals surface area (Å²) in [6.45, 7) is 2.04. The minimum absolute atomic E-state index is 0.450. The van der Waals surface area contributed by atoms with Gasteiger partial charge in [-0.15, -0.1) is 11.8 Å². The predicted octanol–water partition coefficient (Wildman–Crippen LogP) is 4.73. The van der Waals surface area contributed by atoms with Crippen molar-refractivity contribution in [1.29, 1.82) is 0 Å². The van der Waals surface area contributed by atoms with Gasteiger partial charge in [0.05, 0.1) is 5.02 Å². The first kappa shape index (κ1) is 14.7. The summed E-state index contributed by atoms with van der Waals surface area (Å²) in [7, 11) is 0. The van der Waals surface area contributed by atoms with Gasteiger partial charge < -0.3 is 5.11 Å². The Kier molecular flexibility index (Phi) is 6.17. The fourth-order valence-corrected chi connectivity index (χ4v) is 2.90. The number of unbranched alkanes of at least 4 members (excludes halogenated alkanes) is 1. The Morgan fingerprint density at radius 1 is 1.47 bits per heavy atom. The molecule has 1 rings (SSSR count). The molecule has 0 amide bonds. The summed E-state index contributed by atoms with van der Waals surface area (Å²) in [4.78, 5) is 11.9. The summed E-state index contributed by atoms with van der Waals surface area (Å²) in [5, 5.41) is 9.73. The van der Waals surface area contributed by atoms with Gasteiger partial charge in [-0.25, -0.2) is 0 Å². The number of carbonyl (C=O) groups is 1. The van der Waals surface area contributed by atoms with E-state index in [1.807, 2.05) is 6.92 Å². The molecule has 0 heterocycles. The van der Waals surface area contributed by atoms with E-state index in [0.717, 1.165) is 17.7 Å². The molecule has 1 aromatic carbocycles. The summed E-state index contributed by atoms with van der Waals surface area (Å²) in [5.74, 6) is -0.797. The van der Waals surface area contributed by atoms with Gasteiger partial charge in [-0.1, -0.05) is 43.0 Å². The summed E-state index contributed by atoms with van der Waals surface area (Å²) < 4.78 is 0. The number of benzene rings is 1. The van der Waals surface area contributed by atoms with Gasteiger partial charge in [0.15, 0.2) is 0 Å². The van der Waals surface area contributed by atoms with E-state index in [0.29, 0.717) is 16.5 Å². The molecule has 0 spiro atoms. The van der Waals surface area contributed by atoms with Crippen LogP contribution in [0.2, 0.25) is 10.0 Å². The highest BCUT2D eigenvalue weighted by molar-refractivity contribution is 8.00. The number of hydrogen-bond acceptors (Lipinski definition) is 2. The molecule has 0 bridgehead atoms. The van der Waals surface area contributed by atoms with Crippen LogP contribution < -0.4 is 0 Å². The van der Waals surface area contributed by atoms with Crippen LogP contribution in [0.4, 0.5) is 0 Å². The van der Waals surface area contributed by atoms with E-state index in [1.54, 1.807) is 18.2 Å². The van der Waals surface area contributed by atoms with Gasteiger partial charge >= 0.3 is 5.97 Å². The number of hydrogen-bond donors (Lipinski definition) is 1. The van der Waals surface area contributed by atoms with Crippen molar-refractivity contribution >= 4 is 40.9 Å². The molecule has 1 N–H and O–H groups in total. The maximum atomic E-state index is 11.1. The van der Waals surface area contributed by atoms with Crippen LogP contribution in [0.15, 0.2) is 23.1 Å². The lowest BCUT2D eigenvalue weighted by molar-refractivity contribution is -0.136. The van der Waals surface area contributed by atoms with E-state index >= 15 is 0 Å². The normalized spacial score (nSPS) is 12.4. The smallest absolute Gasteiger partial charge is 0.316 e. The van der Waals surface area contributed by atoms with E-state index in [9.17, 15) is 4.79 Å². The molecule has 0 aliphatic heterocycles. The second-order valence-electron chi connectivity index (χ2n) is 3.66. The highest BCUT2D eigenvalue weighted by Gasteiger charge is 2.19. The first-order valence-corrected chi connectivity index (χ1v) is 7.02. The number of halogens is 2. The number of carboxylic acids is 1. The van der Waals surface area contributed by atoms with Crippen molar-refractivity contribution in [2.45, 2.75) is 36.3 Å². The van der Waals surface area contributed by atoms with Crippen LogP contribution in [0.5, 0.6) is 0 Å². The van der Waals surface area contributed by atoms with Crippen molar-refractivity contribution in [3.8, 4) is 0 Å². The summed E-state index contributed by atoms with van der Waals surface area (Å²) in [6.07, 6.45) is 2.53. The molecule has 1 atom stereocenters. The first-order valence-electron chi connectivity index (χ1n) is 5.39. The molecule has 0 saturated heterocycles. The first-order chi connectivity index (χ1) is 8.04. The zero-order valence-corrected chi connectivity index (χ0v) is 11.8. The lowest BCUT2D eigenvalue weighted by atomic mass is 10.2. The molecule has 94 valence electrons. The van der Waals surface area contributed by atoms with Crippen LogP contribution in [0.1, 0.15) is 26.2 Å². The Morgan fingerprint density at radius 2 is 2.18 bits per heavy atom. The van der Waals surface area contributed by atoms with Crippen LogP contribution >= 0.6 is 35.0 Å². The minimum atomic E-state index is -0.797. The predicted molar refractivity (Wildman–Crippen MR) is 73.3 cm³/mol. The molecule has 2 nitrogen and oxygen atoms in total. The molecule has 0 aliphatic carbocycles. The quantitative estimate of drug-likeness (QED) is 0.770. The van der Waals surface area contributed by atoms with Gasteiger partial charge in [0, 0.05) is 9.92 Å². The average molecular weight is 293 g/mol. The van der Waals surface area contributed by atoms with Gasteiger partial charge in [0.2, 0.25) is 0 Å². The van der Waals surface area contributed by atoms with Gasteiger partial charge in [-0.3, -0.25) is 4.79 Å². The minimum Gasteiger partial charge on any atom is -0.480 e. The molecule has 17 heavy (non-hydrogen) atoms. The summed E-state index contributed by atoms with van der Waals surface area (Å²) in [5.41, 5.74) is 0. The molecule has 0 aliphatic rings. The number of thioether (sulfide) groups is 1. The Bertz CT molecular complexity index is 396. The van der Waals surface area contributed by atoms with Crippen LogP contribution in [0, 0.1) is 0 Å². The van der Waals surface area contributed by atoms with E-state index in [2.05, 4.69) is 0 Å². The monoisotopic (exact) mass is 292 g/mol. The molecule has 1 aromatic rings. The van der Waals surface area contributed by atoms with Crippen LogP contribution in [-0.2, 0) is 4.79 Å². The Labute approximate surface area is 115 Å². The highest BCUT2D eigenvalue weighted by atomic mass is 35.5. The lowest BCUT2D eigenvalue weighted by Crippen LogP contribution is -2.16. The van der Waals surface area contributed by atoms with Crippen LogP contribution in [-0.4, -0.2) is 16.3 Å². The Hall–Kier alpha value is -0.380. The van der Waals surface area contributed by atoms with Crippen molar-refractivity contribution in [3.05, 3.63) is 28.2 Å². The van der Waals surface area contributed by atoms with Crippen molar-refractivity contribution in [3.63, 3.8) is 0 Å². The zero-order valence-electron chi connectivity index (χ0n) is 9.45. The maximum absolute atomic E-state index is 11.1. The molecule has 0 aromatic heterocycles. The average Bonchev–Trinajstić information content (AvgIpc) is 2.26. The van der Waals surface area contributed by atoms with E-state index in [4.69, 9.17) is 28.3 Å². The fourth-order valence-electron chi connectivity index (χ4n) is 1.35. The Morgan fingerprint density at radius 3 is 2.71 bits per heavy atom. The second-order valence-corrected chi connectivity index (χ2v) is 5.75. The molecule has 5 heteroatoms. The summed E-state index contributed by atoms with van der Waals surface area (Å²) >= 11 is 13.1. The third-order valence-corrected chi connectivity index (χ3v) is 4.25. The van der Waals surface area contributed by atoms with Crippen LogP contribution in [0.3, 0.4) is 0 Å². The maximum Gasteiger partial charge on any atom is 0.316 e. The third kappa shape index (κ3) is 4.78. The van der Waals surface area contributed by atoms with Crippen molar-refractivity contribution in [2.24, 2.45) is 0 Å². The van der Waals surface area contributed by atoms with Gasteiger partial charge in [0.1, 0.15) is 5.25 Å². The zero-order chi connectivity index (χ0) is 12.8. The topological polar surface area (TPSA) is 37.3 Å². The van der Waals surface area contributed by atoms with Gasteiger partial charge in [0.25, 0.3) is 0 Å². The van der Waals surface area contributed by atoms with Gasteiger partial charge in [-0.05, 0) is 24.6 Å². The van der Waals surface area contributed by atoms with E-state index in [-0.39, 0.29) is 0 Å². The Balaban J connectivity index is 2.75. The second kappa shape index (κ2) is 7.14. The molecule has 0 fully saturated rings. The standard InChI is InChI=1S/C12H14Cl2O2S/c1-2-3-4-11(12(15)16)17-10-6-5-8(13)7-9(10)14/h5-7,11H,2-4H2,1H3,(H,15,16). The van der Waals surface area contributed by atoms with Crippen molar-refractivity contribution in [2.75, 3.05) is 0 Å². The number of rotatable bonds is 6. The largest absolute Gasteiger partial charge is 0.480 e. The molecule has 0 saturated carbocycles. The number of aliphatic carboxylic acids is 1. The summed E-state index contributed by atoms with van der Waals surface area (Å²) in [6, 6.07) is 5.11.